The van der Waals surface area contributed by atoms with E-state index < -0.39 is 0 Å². The molecule has 2 aromatic heterocycles. The number of hydrogen-bond acceptors (Lipinski definition) is 5. The molecule has 0 radical (unpaired) electrons. The highest BCUT2D eigenvalue weighted by molar-refractivity contribution is 7.18. The molecule has 0 fully saturated rings. The standard InChI is InChI=1S/C16H17N5OS/c1-20-8-7-11-12(9-20)23-14-13(11)15(22)21(16(18-14)19-17)10-5-3-2-4-6-10/h2-6H,7-9,17H2,1H3,(H,18,19)/p+1. The van der Waals surface area contributed by atoms with Crippen LogP contribution in [0.25, 0.3) is 15.9 Å². The van der Waals surface area contributed by atoms with Crippen molar-refractivity contribution < 1.29 is 4.90 Å². The van der Waals surface area contributed by atoms with Gasteiger partial charge < -0.3 is 4.90 Å². The molecule has 4 N–H and O–H groups in total. The number of fused-ring (bicyclic) bond motifs is 3. The molecule has 0 spiro atoms. The van der Waals surface area contributed by atoms with Crippen LogP contribution in [0.1, 0.15) is 10.4 Å². The number of anilines is 1. The Morgan fingerprint density at radius 1 is 1.35 bits per heavy atom. The summed E-state index contributed by atoms with van der Waals surface area (Å²) < 4.78 is 1.56. The SMILES string of the molecule is C[NH+]1CCc2c(sc3nc(NN)n(-c4ccccc4)c(=O)c23)C1. The summed E-state index contributed by atoms with van der Waals surface area (Å²) in [6.45, 7) is 1.99. The van der Waals surface area contributed by atoms with Crippen molar-refractivity contribution in [3.8, 4) is 5.69 Å². The summed E-state index contributed by atoms with van der Waals surface area (Å²) in [5.41, 5.74) is 4.45. The Morgan fingerprint density at radius 2 is 2.13 bits per heavy atom. The van der Waals surface area contributed by atoms with Crippen LogP contribution in [0.2, 0.25) is 0 Å². The van der Waals surface area contributed by atoms with Crippen molar-refractivity contribution in [3.05, 3.63) is 51.1 Å². The van der Waals surface area contributed by atoms with Crippen LogP contribution in [0.15, 0.2) is 35.1 Å². The number of nitrogens with two attached hydrogens (primary N) is 1. The zero-order valence-electron chi connectivity index (χ0n) is 12.8. The summed E-state index contributed by atoms with van der Waals surface area (Å²) in [6, 6.07) is 9.47. The maximum absolute atomic E-state index is 13.2. The Bertz CT molecular complexity index is 931. The van der Waals surface area contributed by atoms with Gasteiger partial charge in [-0.2, -0.15) is 0 Å². The number of likely N-dealkylation sites (N-methyl/N-ethyl adjacent to an activating group) is 1. The second kappa shape index (κ2) is 5.45. The number of nitrogens with zero attached hydrogens (tertiary/aromatic N) is 2. The number of aromatic nitrogens is 2. The van der Waals surface area contributed by atoms with Crippen molar-refractivity contribution in [3.63, 3.8) is 0 Å². The Balaban J connectivity index is 2.04. The van der Waals surface area contributed by atoms with Crippen molar-refractivity contribution in [2.45, 2.75) is 13.0 Å². The smallest absolute Gasteiger partial charge is 0.268 e. The number of nitrogens with one attached hydrogen (secondary N) is 2. The molecule has 3 heterocycles. The van der Waals surface area contributed by atoms with E-state index in [1.54, 1.807) is 15.9 Å². The molecular weight excluding hydrogens is 310 g/mol. The van der Waals surface area contributed by atoms with Crippen molar-refractivity contribution in [1.82, 2.24) is 9.55 Å². The number of thiophene rings is 1. The van der Waals surface area contributed by atoms with Crippen LogP contribution in [0.5, 0.6) is 0 Å². The molecule has 23 heavy (non-hydrogen) atoms. The number of nitrogen functional groups attached to an aromatic ring is 1. The van der Waals surface area contributed by atoms with Gasteiger partial charge in [0.2, 0.25) is 5.95 Å². The van der Waals surface area contributed by atoms with Gasteiger partial charge in [0.25, 0.3) is 5.56 Å². The quantitative estimate of drug-likeness (QED) is 0.467. The molecule has 1 atom stereocenters. The average Bonchev–Trinajstić information content (AvgIpc) is 2.92. The van der Waals surface area contributed by atoms with Gasteiger partial charge in [0.05, 0.1) is 29.5 Å². The number of hydrogen-bond donors (Lipinski definition) is 3. The molecule has 1 aliphatic heterocycles. The minimum absolute atomic E-state index is 0.0498. The first-order valence-electron chi connectivity index (χ1n) is 7.59. The van der Waals surface area contributed by atoms with Gasteiger partial charge >= 0.3 is 0 Å². The van der Waals surface area contributed by atoms with Crippen LogP contribution >= 0.6 is 11.3 Å². The third-order valence-electron chi connectivity index (χ3n) is 4.32. The zero-order valence-corrected chi connectivity index (χ0v) is 13.6. The fourth-order valence-corrected chi connectivity index (χ4v) is 4.50. The lowest BCUT2D eigenvalue weighted by atomic mass is 10.1. The van der Waals surface area contributed by atoms with Gasteiger partial charge in [0.1, 0.15) is 11.4 Å². The van der Waals surface area contributed by atoms with Crippen LogP contribution in [0.4, 0.5) is 5.95 Å². The summed E-state index contributed by atoms with van der Waals surface area (Å²) in [5, 5.41) is 0.750. The summed E-state index contributed by atoms with van der Waals surface area (Å²) >= 11 is 1.61. The molecule has 7 heteroatoms. The highest BCUT2D eigenvalue weighted by atomic mass is 32.1. The van der Waals surface area contributed by atoms with Crippen LogP contribution < -0.4 is 21.7 Å². The lowest BCUT2D eigenvalue weighted by molar-refractivity contribution is -0.895. The maximum atomic E-state index is 13.2. The van der Waals surface area contributed by atoms with E-state index >= 15 is 0 Å². The predicted octanol–water partition coefficient (Wildman–Crippen LogP) is 0.304. The monoisotopic (exact) mass is 328 g/mol. The van der Waals surface area contributed by atoms with Crippen molar-refractivity contribution in [1.29, 1.82) is 0 Å². The van der Waals surface area contributed by atoms with Crippen LogP contribution in [0.3, 0.4) is 0 Å². The van der Waals surface area contributed by atoms with E-state index in [1.165, 1.54) is 15.3 Å². The lowest BCUT2D eigenvalue weighted by Gasteiger charge is -2.19. The molecule has 1 unspecified atom stereocenters. The minimum Gasteiger partial charge on any atom is -0.333 e. The lowest BCUT2D eigenvalue weighted by Crippen LogP contribution is -3.08. The van der Waals surface area contributed by atoms with Gasteiger partial charge in [-0.15, -0.1) is 11.3 Å². The van der Waals surface area contributed by atoms with Crippen molar-refractivity contribution in [2.75, 3.05) is 19.0 Å². The summed E-state index contributed by atoms with van der Waals surface area (Å²) in [4.78, 5) is 21.2. The van der Waals surface area contributed by atoms with E-state index in [1.807, 2.05) is 30.3 Å². The second-order valence-corrected chi connectivity index (χ2v) is 6.96. The molecule has 3 aromatic rings. The number of rotatable bonds is 2. The number of benzene rings is 1. The van der Waals surface area contributed by atoms with Crippen LogP contribution in [0, 0.1) is 0 Å². The highest BCUT2D eigenvalue weighted by Gasteiger charge is 2.25. The first kappa shape index (κ1) is 14.4. The summed E-state index contributed by atoms with van der Waals surface area (Å²) in [7, 11) is 2.18. The molecule has 1 aliphatic rings. The van der Waals surface area contributed by atoms with Crippen LogP contribution in [-0.4, -0.2) is 23.1 Å². The van der Waals surface area contributed by atoms with E-state index in [-0.39, 0.29) is 5.56 Å². The van der Waals surface area contributed by atoms with Gasteiger partial charge in [-0.25, -0.2) is 15.4 Å². The molecule has 1 aromatic carbocycles. The molecule has 6 nitrogen and oxygen atoms in total. The molecule has 4 rings (SSSR count). The molecule has 0 aliphatic carbocycles. The normalized spacial score (nSPS) is 17.2. The van der Waals surface area contributed by atoms with Gasteiger partial charge in [-0.1, -0.05) is 18.2 Å². The van der Waals surface area contributed by atoms with Gasteiger partial charge in [-0.3, -0.25) is 10.2 Å². The van der Waals surface area contributed by atoms with E-state index in [0.717, 1.165) is 35.4 Å². The van der Waals surface area contributed by atoms with Gasteiger partial charge in [-0.05, 0) is 17.7 Å². The summed E-state index contributed by atoms with van der Waals surface area (Å²) in [5.74, 6) is 5.99. The Labute approximate surface area is 137 Å². The van der Waals surface area contributed by atoms with Crippen molar-refractivity contribution >= 4 is 27.5 Å². The molecule has 0 saturated carbocycles. The largest absolute Gasteiger partial charge is 0.333 e. The Morgan fingerprint density at radius 3 is 2.87 bits per heavy atom. The fraction of sp³-hybridized carbons (Fsp3) is 0.250. The first-order valence-corrected chi connectivity index (χ1v) is 8.41. The highest BCUT2D eigenvalue weighted by Crippen LogP contribution is 2.30. The minimum atomic E-state index is -0.0498. The Hall–Kier alpha value is -2.22. The van der Waals surface area contributed by atoms with E-state index in [2.05, 4.69) is 17.5 Å². The summed E-state index contributed by atoms with van der Waals surface area (Å²) in [6.07, 6.45) is 0.919. The third kappa shape index (κ3) is 2.24. The van der Waals surface area contributed by atoms with Gasteiger partial charge in [0, 0.05) is 6.42 Å². The van der Waals surface area contributed by atoms with E-state index in [9.17, 15) is 4.79 Å². The Kier molecular flexibility index (Phi) is 3.41. The topological polar surface area (TPSA) is 77.4 Å². The average molecular weight is 328 g/mol. The number of quaternary nitrogens is 1. The fourth-order valence-electron chi connectivity index (χ4n) is 3.17. The van der Waals surface area contributed by atoms with Crippen LogP contribution in [-0.2, 0) is 13.0 Å². The molecular formula is C16H18N5OS+. The van der Waals surface area contributed by atoms with E-state index in [0.29, 0.717) is 5.95 Å². The second-order valence-electron chi connectivity index (χ2n) is 5.87. The number of para-hydroxylation sites is 1. The molecule has 0 amide bonds. The van der Waals surface area contributed by atoms with Gasteiger partial charge in [0.15, 0.2) is 0 Å². The molecule has 118 valence electrons. The third-order valence-corrected chi connectivity index (χ3v) is 5.44. The first-order chi connectivity index (χ1) is 11.2. The van der Waals surface area contributed by atoms with Crippen molar-refractivity contribution in [2.24, 2.45) is 5.84 Å². The molecule has 0 saturated heterocycles. The molecule has 0 bridgehead atoms. The van der Waals surface area contributed by atoms with E-state index in [4.69, 9.17) is 5.84 Å². The zero-order chi connectivity index (χ0) is 16.0. The predicted molar refractivity (Wildman–Crippen MR) is 92.2 cm³/mol. The number of hydrazine groups is 1. The maximum Gasteiger partial charge on any atom is 0.268 e.